The molecule has 1 amide bonds. The van der Waals surface area contributed by atoms with E-state index in [9.17, 15) is 14.4 Å². The molecule has 0 spiro atoms. The van der Waals surface area contributed by atoms with E-state index >= 15 is 0 Å². The molecule has 3 aromatic rings. The van der Waals surface area contributed by atoms with Crippen LogP contribution in [0.2, 0.25) is 0 Å². The second-order valence-electron chi connectivity index (χ2n) is 7.41. The van der Waals surface area contributed by atoms with E-state index in [1.165, 1.54) is 13.2 Å². The van der Waals surface area contributed by atoms with E-state index in [-0.39, 0.29) is 5.92 Å². The number of amides is 1. The third-order valence-electron chi connectivity index (χ3n) is 4.81. The molecule has 0 bridgehead atoms. The molecule has 7 nitrogen and oxygen atoms in total. The standard InChI is InChI=1S/C24H24N2O5/c1-14(2)20-12-18(17-7-5-6-8-19(17)25-20)24(29)31-13-22(27)26-21-11-16(23(28)30-4)10-9-15(21)3/h5-12,14H,13H2,1-4H3,(H,26,27). The first-order valence-corrected chi connectivity index (χ1v) is 9.85. The van der Waals surface area contributed by atoms with Gasteiger partial charge in [-0.2, -0.15) is 0 Å². The number of ether oxygens (including phenoxy) is 2. The minimum Gasteiger partial charge on any atom is -0.465 e. The molecule has 0 aliphatic heterocycles. The zero-order valence-corrected chi connectivity index (χ0v) is 17.9. The number of methoxy groups -OCH3 is 1. The van der Waals surface area contributed by atoms with E-state index in [1.54, 1.807) is 31.2 Å². The molecule has 0 aliphatic rings. The fourth-order valence-corrected chi connectivity index (χ4v) is 3.06. The van der Waals surface area contributed by atoms with E-state index in [0.717, 1.165) is 11.3 Å². The number of aromatic nitrogens is 1. The lowest BCUT2D eigenvalue weighted by Crippen LogP contribution is -2.22. The largest absolute Gasteiger partial charge is 0.465 e. The van der Waals surface area contributed by atoms with Crippen molar-refractivity contribution in [2.75, 3.05) is 19.0 Å². The maximum absolute atomic E-state index is 12.7. The summed E-state index contributed by atoms with van der Waals surface area (Å²) in [7, 11) is 1.29. The van der Waals surface area contributed by atoms with Crippen LogP contribution in [0.3, 0.4) is 0 Å². The molecular weight excluding hydrogens is 396 g/mol. The lowest BCUT2D eigenvalue weighted by atomic mass is 10.0. The van der Waals surface area contributed by atoms with Gasteiger partial charge in [0.2, 0.25) is 0 Å². The van der Waals surface area contributed by atoms with Crippen molar-refractivity contribution in [3.8, 4) is 0 Å². The molecule has 0 saturated carbocycles. The lowest BCUT2D eigenvalue weighted by Gasteiger charge is -2.12. The van der Waals surface area contributed by atoms with Gasteiger partial charge in [-0.05, 0) is 42.7 Å². The Morgan fingerprint density at radius 3 is 2.48 bits per heavy atom. The number of para-hydroxylation sites is 1. The average molecular weight is 420 g/mol. The number of carbonyl (C=O) groups is 3. The molecule has 0 aliphatic carbocycles. The van der Waals surface area contributed by atoms with Crippen LogP contribution >= 0.6 is 0 Å². The Labute approximate surface area is 180 Å². The zero-order valence-electron chi connectivity index (χ0n) is 17.9. The van der Waals surface area contributed by atoms with Gasteiger partial charge >= 0.3 is 11.9 Å². The Balaban J connectivity index is 1.74. The van der Waals surface area contributed by atoms with E-state index in [0.29, 0.717) is 27.7 Å². The number of pyridine rings is 1. The van der Waals surface area contributed by atoms with Crippen LogP contribution in [-0.2, 0) is 14.3 Å². The van der Waals surface area contributed by atoms with Gasteiger partial charge in [-0.3, -0.25) is 9.78 Å². The number of nitrogens with zero attached hydrogens (tertiary/aromatic N) is 1. The molecule has 2 aromatic carbocycles. The summed E-state index contributed by atoms with van der Waals surface area (Å²) in [5, 5.41) is 3.33. The minimum atomic E-state index is -0.601. The Morgan fingerprint density at radius 2 is 1.77 bits per heavy atom. The third kappa shape index (κ3) is 5.06. The highest BCUT2D eigenvalue weighted by atomic mass is 16.5. The van der Waals surface area contributed by atoms with Crippen LogP contribution in [0.1, 0.15) is 51.7 Å². The van der Waals surface area contributed by atoms with Crippen molar-refractivity contribution in [1.82, 2.24) is 4.98 Å². The van der Waals surface area contributed by atoms with Crippen LogP contribution < -0.4 is 5.32 Å². The minimum absolute atomic E-state index is 0.129. The van der Waals surface area contributed by atoms with Crippen molar-refractivity contribution < 1.29 is 23.9 Å². The number of carbonyl (C=O) groups excluding carboxylic acids is 3. The Morgan fingerprint density at radius 1 is 1.03 bits per heavy atom. The molecule has 31 heavy (non-hydrogen) atoms. The molecule has 0 fully saturated rings. The second kappa shape index (κ2) is 9.38. The smallest absolute Gasteiger partial charge is 0.339 e. The molecule has 0 unspecified atom stereocenters. The maximum Gasteiger partial charge on any atom is 0.339 e. The molecule has 160 valence electrons. The average Bonchev–Trinajstić information content (AvgIpc) is 2.77. The molecule has 1 N–H and O–H groups in total. The van der Waals surface area contributed by atoms with E-state index in [2.05, 4.69) is 10.3 Å². The Bertz CT molecular complexity index is 1150. The van der Waals surface area contributed by atoms with E-state index < -0.39 is 24.5 Å². The van der Waals surface area contributed by atoms with Gasteiger partial charge in [0.05, 0.1) is 23.8 Å². The molecule has 7 heteroatoms. The number of hydrogen-bond acceptors (Lipinski definition) is 6. The molecule has 3 rings (SSSR count). The maximum atomic E-state index is 12.7. The molecule has 1 heterocycles. The lowest BCUT2D eigenvalue weighted by molar-refractivity contribution is -0.119. The van der Waals surface area contributed by atoms with Gasteiger partial charge in [-0.15, -0.1) is 0 Å². The molecule has 0 radical (unpaired) electrons. The quantitative estimate of drug-likeness (QED) is 0.599. The van der Waals surface area contributed by atoms with Gasteiger partial charge in [0.25, 0.3) is 5.91 Å². The predicted molar refractivity (Wildman–Crippen MR) is 117 cm³/mol. The van der Waals surface area contributed by atoms with Crippen LogP contribution in [0.25, 0.3) is 10.9 Å². The van der Waals surface area contributed by atoms with Gasteiger partial charge < -0.3 is 14.8 Å². The van der Waals surface area contributed by atoms with Crippen molar-refractivity contribution >= 4 is 34.4 Å². The third-order valence-corrected chi connectivity index (χ3v) is 4.81. The van der Waals surface area contributed by atoms with Crippen LogP contribution in [0.15, 0.2) is 48.5 Å². The number of hydrogen-bond donors (Lipinski definition) is 1. The van der Waals surface area contributed by atoms with Crippen LogP contribution in [-0.4, -0.2) is 36.5 Å². The highest BCUT2D eigenvalue weighted by Gasteiger charge is 2.17. The monoisotopic (exact) mass is 420 g/mol. The summed E-state index contributed by atoms with van der Waals surface area (Å²) in [5.41, 5.74) is 3.34. The first-order valence-electron chi connectivity index (χ1n) is 9.85. The van der Waals surface area contributed by atoms with Gasteiger partial charge in [-0.25, -0.2) is 9.59 Å². The number of fused-ring (bicyclic) bond motifs is 1. The van der Waals surface area contributed by atoms with Crippen LogP contribution in [0.5, 0.6) is 0 Å². The molecule has 1 aromatic heterocycles. The summed E-state index contributed by atoms with van der Waals surface area (Å²) in [6.07, 6.45) is 0. The number of aryl methyl sites for hydroxylation is 1. The van der Waals surface area contributed by atoms with Crippen LogP contribution in [0, 0.1) is 6.92 Å². The SMILES string of the molecule is COC(=O)c1ccc(C)c(NC(=O)COC(=O)c2cc(C(C)C)nc3ccccc23)c1. The number of esters is 2. The number of rotatable bonds is 6. The van der Waals surface area contributed by atoms with Gasteiger partial charge in [0.15, 0.2) is 6.61 Å². The van der Waals surface area contributed by atoms with Crippen molar-refractivity contribution in [1.29, 1.82) is 0 Å². The van der Waals surface area contributed by atoms with Gasteiger partial charge in [0.1, 0.15) is 0 Å². The Hall–Kier alpha value is -3.74. The topological polar surface area (TPSA) is 94.6 Å². The highest BCUT2D eigenvalue weighted by molar-refractivity contribution is 6.04. The molecule has 0 atom stereocenters. The van der Waals surface area contributed by atoms with Crippen molar-refractivity contribution in [3.05, 3.63) is 70.9 Å². The number of nitrogens with one attached hydrogen (secondary N) is 1. The van der Waals surface area contributed by atoms with Crippen molar-refractivity contribution in [2.24, 2.45) is 0 Å². The van der Waals surface area contributed by atoms with Crippen molar-refractivity contribution in [3.63, 3.8) is 0 Å². The number of anilines is 1. The number of benzene rings is 2. The summed E-state index contributed by atoms with van der Waals surface area (Å²) in [4.78, 5) is 41.4. The van der Waals surface area contributed by atoms with Gasteiger partial charge in [0, 0.05) is 16.8 Å². The zero-order chi connectivity index (χ0) is 22.5. The highest BCUT2D eigenvalue weighted by Crippen LogP contribution is 2.23. The normalized spacial score (nSPS) is 10.7. The van der Waals surface area contributed by atoms with Gasteiger partial charge in [-0.1, -0.05) is 38.1 Å². The first-order chi connectivity index (χ1) is 14.8. The Kier molecular flexibility index (Phi) is 6.65. The van der Waals surface area contributed by atoms with Crippen LogP contribution in [0.4, 0.5) is 5.69 Å². The molecular formula is C24H24N2O5. The fraction of sp³-hybridized carbons (Fsp3) is 0.250. The summed E-state index contributed by atoms with van der Waals surface area (Å²) < 4.78 is 9.97. The summed E-state index contributed by atoms with van der Waals surface area (Å²) in [5.74, 6) is -1.49. The van der Waals surface area contributed by atoms with Crippen molar-refractivity contribution in [2.45, 2.75) is 26.7 Å². The predicted octanol–water partition coefficient (Wildman–Crippen LogP) is 4.25. The summed E-state index contributed by atoms with van der Waals surface area (Å²) in [6, 6.07) is 13.8. The summed E-state index contributed by atoms with van der Waals surface area (Å²) >= 11 is 0. The molecule has 0 saturated heterocycles. The summed E-state index contributed by atoms with van der Waals surface area (Å²) in [6.45, 7) is 5.31. The first kappa shape index (κ1) is 22.0. The van der Waals surface area contributed by atoms with E-state index in [4.69, 9.17) is 9.47 Å². The fourth-order valence-electron chi connectivity index (χ4n) is 3.06. The van der Waals surface area contributed by atoms with E-state index in [1.807, 2.05) is 32.0 Å². The second-order valence-corrected chi connectivity index (χ2v) is 7.41.